The maximum absolute atomic E-state index is 13.8. The number of aryl methyl sites for hydroxylation is 1. The van der Waals surface area contributed by atoms with Crippen molar-refractivity contribution < 1.29 is 28.2 Å². The SMILES string of the molecule is COC(=O)C1(N2CCOCC2)CCN(C(=O)c2c(C)[nH]c(/C=C3\C(=O)Nc4ccc(F)cc43)c2C)CC1. The van der Waals surface area contributed by atoms with E-state index in [1.807, 2.05) is 13.8 Å². The molecule has 0 aliphatic carbocycles. The van der Waals surface area contributed by atoms with Gasteiger partial charge in [0.25, 0.3) is 11.8 Å². The number of morpholine rings is 1. The number of ether oxygens (including phenoxy) is 2. The number of nitrogens with one attached hydrogen (secondary N) is 2. The fourth-order valence-corrected chi connectivity index (χ4v) is 5.76. The standard InChI is InChI=1S/C27H31FN4O5/c1-16-22(15-20-19-14-18(28)4-5-21(19)30-24(20)33)29-17(2)23(16)25(34)31-8-6-27(7-9-31,26(35)36-3)32-10-12-37-13-11-32/h4-5,14-15,29H,6-13H2,1-3H3,(H,30,33)/b20-15-. The van der Waals surface area contributed by atoms with Crippen LogP contribution in [0.15, 0.2) is 18.2 Å². The van der Waals surface area contributed by atoms with Crippen molar-refractivity contribution in [2.75, 3.05) is 51.8 Å². The molecule has 196 valence electrons. The van der Waals surface area contributed by atoms with Gasteiger partial charge in [-0.15, -0.1) is 0 Å². The molecule has 2 N–H and O–H groups in total. The van der Waals surface area contributed by atoms with E-state index in [2.05, 4.69) is 15.2 Å². The van der Waals surface area contributed by atoms with E-state index in [4.69, 9.17) is 9.47 Å². The predicted molar refractivity (Wildman–Crippen MR) is 135 cm³/mol. The van der Waals surface area contributed by atoms with Crippen LogP contribution in [0, 0.1) is 19.7 Å². The maximum atomic E-state index is 13.8. The van der Waals surface area contributed by atoms with E-state index in [1.54, 1.807) is 11.0 Å². The van der Waals surface area contributed by atoms with Crippen molar-refractivity contribution in [2.24, 2.45) is 0 Å². The third-order valence-electron chi connectivity index (χ3n) is 7.80. The van der Waals surface area contributed by atoms with Crippen LogP contribution < -0.4 is 5.32 Å². The van der Waals surface area contributed by atoms with E-state index in [0.29, 0.717) is 91.6 Å². The molecule has 5 rings (SSSR count). The summed E-state index contributed by atoms with van der Waals surface area (Å²) < 4.78 is 24.5. The number of nitrogens with zero attached hydrogens (tertiary/aromatic N) is 2. The Morgan fingerprint density at radius 3 is 2.51 bits per heavy atom. The molecule has 0 saturated carbocycles. The lowest BCUT2D eigenvalue weighted by Gasteiger charge is -2.47. The fourth-order valence-electron chi connectivity index (χ4n) is 5.76. The number of carbonyl (C=O) groups is 3. The van der Waals surface area contributed by atoms with Crippen LogP contribution in [-0.2, 0) is 19.1 Å². The average molecular weight is 511 g/mol. The molecule has 1 aromatic heterocycles. The monoisotopic (exact) mass is 510 g/mol. The molecule has 10 heteroatoms. The Balaban J connectivity index is 1.38. The van der Waals surface area contributed by atoms with Gasteiger partial charge in [0.2, 0.25) is 0 Å². The summed E-state index contributed by atoms with van der Waals surface area (Å²) in [7, 11) is 1.40. The van der Waals surface area contributed by atoms with Crippen molar-refractivity contribution >= 4 is 35.1 Å². The first-order chi connectivity index (χ1) is 17.7. The molecule has 2 aromatic rings. The Hall–Kier alpha value is -3.50. The number of H-pyrrole nitrogens is 1. The molecule has 2 saturated heterocycles. The van der Waals surface area contributed by atoms with Crippen LogP contribution in [0.2, 0.25) is 0 Å². The molecule has 9 nitrogen and oxygen atoms in total. The highest BCUT2D eigenvalue weighted by Gasteiger charge is 2.48. The molecule has 0 spiro atoms. The van der Waals surface area contributed by atoms with E-state index >= 15 is 0 Å². The maximum Gasteiger partial charge on any atom is 0.326 e. The molecule has 0 unspecified atom stereocenters. The van der Waals surface area contributed by atoms with Crippen molar-refractivity contribution in [3.05, 3.63) is 52.1 Å². The number of esters is 1. The van der Waals surface area contributed by atoms with Crippen molar-refractivity contribution in [1.82, 2.24) is 14.8 Å². The zero-order valence-corrected chi connectivity index (χ0v) is 21.3. The number of hydrogen-bond acceptors (Lipinski definition) is 6. The number of rotatable bonds is 4. The van der Waals surface area contributed by atoms with Crippen LogP contribution in [0.5, 0.6) is 0 Å². The van der Waals surface area contributed by atoms with E-state index in [1.165, 1.54) is 25.3 Å². The van der Waals surface area contributed by atoms with E-state index in [0.717, 1.165) is 0 Å². The summed E-state index contributed by atoms with van der Waals surface area (Å²) in [4.78, 5) is 46.2. The lowest BCUT2D eigenvalue weighted by atomic mass is 9.84. The molecule has 4 heterocycles. The third-order valence-corrected chi connectivity index (χ3v) is 7.80. The predicted octanol–water partition coefficient (Wildman–Crippen LogP) is 2.74. The van der Waals surface area contributed by atoms with Gasteiger partial charge in [-0.3, -0.25) is 19.3 Å². The van der Waals surface area contributed by atoms with Gasteiger partial charge in [-0.05, 0) is 56.5 Å². The number of hydrogen-bond donors (Lipinski definition) is 2. The van der Waals surface area contributed by atoms with Crippen LogP contribution in [0.3, 0.4) is 0 Å². The molecule has 3 aliphatic rings. The Morgan fingerprint density at radius 1 is 1.14 bits per heavy atom. The lowest BCUT2D eigenvalue weighted by Crippen LogP contribution is -2.63. The van der Waals surface area contributed by atoms with Gasteiger partial charge in [-0.1, -0.05) is 0 Å². The highest BCUT2D eigenvalue weighted by molar-refractivity contribution is 6.34. The second-order valence-corrected chi connectivity index (χ2v) is 9.78. The minimum absolute atomic E-state index is 0.126. The largest absolute Gasteiger partial charge is 0.468 e. The van der Waals surface area contributed by atoms with Gasteiger partial charge in [-0.25, -0.2) is 4.39 Å². The van der Waals surface area contributed by atoms with Gasteiger partial charge in [0.1, 0.15) is 11.4 Å². The van der Waals surface area contributed by atoms with Crippen LogP contribution in [0.4, 0.5) is 10.1 Å². The molecule has 2 amide bonds. The molecule has 0 bridgehead atoms. The first kappa shape index (κ1) is 25.2. The Kier molecular flexibility index (Phi) is 6.63. The summed E-state index contributed by atoms with van der Waals surface area (Å²) in [6, 6.07) is 4.16. The van der Waals surface area contributed by atoms with Crippen LogP contribution in [-0.4, -0.2) is 84.6 Å². The summed E-state index contributed by atoms with van der Waals surface area (Å²) in [5.74, 6) is -1.14. The molecule has 1 aromatic carbocycles. The summed E-state index contributed by atoms with van der Waals surface area (Å²) in [6.07, 6.45) is 2.62. The normalized spacial score (nSPS) is 20.6. The zero-order chi connectivity index (χ0) is 26.3. The summed E-state index contributed by atoms with van der Waals surface area (Å²) in [5.41, 5.74) is 3.19. The van der Waals surface area contributed by atoms with E-state index < -0.39 is 11.4 Å². The van der Waals surface area contributed by atoms with E-state index in [9.17, 15) is 18.8 Å². The first-order valence-corrected chi connectivity index (χ1v) is 12.5. The number of methoxy groups -OCH3 is 1. The molecular weight excluding hydrogens is 479 g/mol. The minimum atomic E-state index is -0.758. The number of likely N-dealkylation sites (tertiary alicyclic amines) is 1. The average Bonchev–Trinajstić information content (AvgIpc) is 3.37. The molecule has 2 fully saturated rings. The van der Waals surface area contributed by atoms with Crippen LogP contribution in [0.1, 0.15) is 45.7 Å². The van der Waals surface area contributed by atoms with Gasteiger partial charge in [0.15, 0.2) is 0 Å². The quantitative estimate of drug-likeness (QED) is 0.484. The highest BCUT2D eigenvalue weighted by Crippen LogP contribution is 2.36. The van der Waals surface area contributed by atoms with Crippen molar-refractivity contribution in [1.29, 1.82) is 0 Å². The number of aromatic amines is 1. The molecule has 0 atom stereocenters. The zero-order valence-electron chi connectivity index (χ0n) is 21.3. The second kappa shape index (κ2) is 9.75. The van der Waals surface area contributed by atoms with Crippen molar-refractivity contribution in [3.8, 4) is 0 Å². The molecule has 3 aliphatic heterocycles. The lowest BCUT2D eigenvalue weighted by molar-refractivity contribution is -0.162. The van der Waals surface area contributed by atoms with Crippen molar-refractivity contribution in [3.63, 3.8) is 0 Å². The summed E-state index contributed by atoms with van der Waals surface area (Å²) in [5, 5.41) is 2.75. The number of carbonyl (C=O) groups excluding carboxylic acids is 3. The number of aromatic nitrogens is 1. The smallest absolute Gasteiger partial charge is 0.326 e. The summed E-state index contributed by atoms with van der Waals surface area (Å²) in [6.45, 7) is 6.92. The minimum Gasteiger partial charge on any atom is -0.468 e. The number of piperidine rings is 1. The van der Waals surface area contributed by atoms with Gasteiger partial charge < -0.3 is 24.7 Å². The number of amides is 2. The van der Waals surface area contributed by atoms with Crippen LogP contribution in [0.25, 0.3) is 11.6 Å². The van der Waals surface area contributed by atoms with Gasteiger partial charge in [0.05, 0.1) is 31.5 Å². The van der Waals surface area contributed by atoms with Gasteiger partial charge in [0, 0.05) is 48.8 Å². The van der Waals surface area contributed by atoms with Crippen molar-refractivity contribution in [2.45, 2.75) is 32.2 Å². The Labute approximate surface area is 214 Å². The van der Waals surface area contributed by atoms with Gasteiger partial charge in [-0.2, -0.15) is 0 Å². The molecular formula is C27H31FN4O5. The number of anilines is 1. The number of benzene rings is 1. The number of fused-ring (bicyclic) bond motifs is 1. The Morgan fingerprint density at radius 2 is 1.84 bits per heavy atom. The number of halogens is 1. The summed E-state index contributed by atoms with van der Waals surface area (Å²) >= 11 is 0. The third kappa shape index (κ3) is 4.34. The van der Waals surface area contributed by atoms with Crippen LogP contribution >= 0.6 is 0 Å². The fraction of sp³-hybridized carbons (Fsp3) is 0.444. The van der Waals surface area contributed by atoms with E-state index in [-0.39, 0.29) is 17.8 Å². The molecule has 37 heavy (non-hydrogen) atoms. The first-order valence-electron chi connectivity index (χ1n) is 12.5. The highest BCUT2D eigenvalue weighted by atomic mass is 19.1. The van der Waals surface area contributed by atoms with Gasteiger partial charge >= 0.3 is 5.97 Å². The molecule has 0 radical (unpaired) electrons. The topological polar surface area (TPSA) is 104 Å². The second-order valence-electron chi connectivity index (χ2n) is 9.78. The Bertz CT molecular complexity index is 1290.